The van der Waals surface area contributed by atoms with Crippen molar-refractivity contribution in [2.45, 2.75) is 33.1 Å². The third-order valence-electron chi connectivity index (χ3n) is 6.35. The van der Waals surface area contributed by atoms with E-state index in [4.69, 9.17) is 14.5 Å². The van der Waals surface area contributed by atoms with Crippen molar-refractivity contribution in [3.63, 3.8) is 0 Å². The monoisotopic (exact) mass is 419 g/mol. The highest BCUT2D eigenvalue weighted by Crippen LogP contribution is 2.43. The number of fused-ring (bicyclic) bond motifs is 4. The van der Waals surface area contributed by atoms with Crippen LogP contribution in [0.5, 0.6) is 11.5 Å². The lowest BCUT2D eigenvalue weighted by molar-refractivity contribution is 0.303. The maximum Gasteiger partial charge on any atom is 0.161 e. The fourth-order valence-corrected chi connectivity index (χ4v) is 4.58. The number of nitrogens with one attached hydrogen (secondary N) is 1. The first-order valence-electron chi connectivity index (χ1n) is 11.3. The van der Waals surface area contributed by atoms with Crippen molar-refractivity contribution < 1.29 is 9.47 Å². The Morgan fingerprint density at radius 3 is 2.48 bits per heavy atom. The number of benzene rings is 2. The first kappa shape index (κ1) is 21.4. The van der Waals surface area contributed by atoms with Gasteiger partial charge in [0.15, 0.2) is 11.5 Å². The molecule has 4 rings (SSSR count). The van der Waals surface area contributed by atoms with Crippen LogP contribution in [0.3, 0.4) is 0 Å². The van der Waals surface area contributed by atoms with Gasteiger partial charge >= 0.3 is 0 Å². The number of ether oxygens (including phenoxy) is 2. The summed E-state index contributed by atoms with van der Waals surface area (Å²) in [6.45, 7) is 8.73. The molecule has 1 N–H and O–H groups in total. The summed E-state index contributed by atoms with van der Waals surface area (Å²) < 4.78 is 11.1. The van der Waals surface area contributed by atoms with Crippen molar-refractivity contribution in [2.75, 3.05) is 45.7 Å². The van der Waals surface area contributed by atoms with Crippen molar-refractivity contribution in [2.24, 2.45) is 0 Å². The number of aryl methyl sites for hydroxylation is 1. The molecule has 164 valence electrons. The molecule has 1 aliphatic rings. The number of pyridine rings is 1. The minimum absolute atomic E-state index is 0.748. The molecule has 0 atom stereocenters. The number of hydrogen-bond acceptors (Lipinski definition) is 5. The molecule has 3 aromatic rings. The predicted octanol–water partition coefficient (Wildman–Crippen LogP) is 5.16. The standard InChI is InChI=1S/C26H33N3O2/c1-5-29(6-2)15-9-14-27-25-19-10-7-8-11-22(19)28-26-20(25)13-12-18-16-23(30-3)24(31-4)17-21(18)26/h7-8,10-11,16-17H,5-6,9,12-15H2,1-4H3,(H,27,28). The number of rotatable bonds is 9. The minimum atomic E-state index is 0.748. The highest BCUT2D eigenvalue weighted by atomic mass is 16.5. The summed E-state index contributed by atoms with van der Waals surface area (Å²) in [5, 5.41) is 4.98. The maximum absolute atomic E-state index is 5.59. The molecule has 31 heavy (non-hydrogen) atoms. The Labute approximate surface area is 185 Å². The third-order valence-corrected chi connectivity index (χ3v) is 6.35. The van der Waals surface area contributed by atoms with E-state index in [-0.39, 0.29) is 0 Å². The molecule has 0 spiro atoms. The van der Waals surface area contributed by atoms with Crippen LogP contribution in [0.4, 0.5) is 5.69 Å². The van der Waals surface area contributed by atoms with Crippen LogP contribution in [0.1, 0.15) is 31.4 Å². The van der Waals surface area contributed by atoms with E-state index in [0.717, 1.165) is 73.7 Å². The van der Waals surface area contributed by atoms with E-state index in [1.807, 2.05) is 0 Å². The summed E-state index contributed by atoms with van der Waals surface area (Å²) >= 11 is 0. The van der Waals surface area contributed by atoms with Gasteiger partial charge in [0.2, 0.25) is 0 Å². The Balaban J connectivity index is 1.73. The predicted molar refractivity (Wildman–Crippen MR) is 129 cm³/mol. The van der Waals surface area contributed by atoms with Crippen LogP contribution in [-0.4, -0.2) is 50.3 Å². The fourth-order valence-electron chi connectivity index (χ4n) is 4.58. The highest BCUT2D eigenvalue weighted by Gasteiger charge is 2.24. The lowest BCUT2D eigenvalue weighted by atomic mass is 9.86. The molecule has 1 aliphatic carbocycles. The van der Waals surface area contributed by atoms with E-state index in [1.54, 1.807) is 14.2 Å². The largest absolute Gasteiger partial charge is 0.493 e. The summed E-state index contributed by atoms with van der Waals surface area (Å²) in [4.78, 5) is 7.56. The van der Waals surface area contributed by atoms with Gasteiger partial charge in [0.25, 0.3) is 0 Å². The molecule has 1 aromatic heterocycles. The van der Waals surface area contributed by atoms with Crippen LogP contribution in [-0.2, 0) is 12.8 Å². The summed E-state index contributed by atoms with van der Waals surface area (Å²) in [5.74, 6) is 1.53. The van der Waals surface area contributed by atoms with Gasteiger partial charge in [-0.1, -0.05) is 32.0 Å². The molecule has 5 heteroatoms. The maximum atomic E-state index is 5.59. The van der Waals surface area contributed by atoms with Gasteiger partial charge in [-0.25, -0.2) is 4.98 Å². The number of anilines is 1. The van der Waals surface area contributed by atoms with Crippen molar-refractivity contribution in [1.82, 2.24) is 9.88 Å². The Morgan fingerprint density at radius 1 is 1.00 bits per heavy atom. The van der Waals surface area contributed by atoms with Crippen LogP contribution in [0.2, 0.25) is 0 Å². The van der Waals surface area contributed by atoms with Crippen LogP contribution in [0.25, 0.3) is 22.2 Å². The Bertz CT molecular complexity index is 1060. The first-order valence-corrected chi connectivity index (χ1v) is 11.3. The summed E-state index contributed by atoms with van der Waals surface area (Å²) in [6.07, 6.45) is 3.06. The summed E-state index contributed by atoms with van der Waals surface area (Å²) in [5.41, 5.74) is 7.04. The average molecular weight is 420 g/mol. The second-order valence-electron chi connectivity index (χ2n) is 8.00. The molecule has 0 radical (unpaired) electrons. The molecule has 0 saturated carbocycles. The van der Waals surface area contributed by atoms with E-state index in [0.29, 0.717) is 0 Å². The van der Waals surface area contributed by atoms with Gasteiger partial charge in [0, 0.05) is 28.7 Å². The molecule has 0 bridgehead atoms. The number of hydrogen-bond donors (Lipinski definition) is 1. The van der Waals surface area contributed by atoms with Gasteiger partial charge in [-0.2, -0.15) is 0 Å². The van der Waals surface area contributed by atoms with Gasteiger partial charge in [-0.3, -0.25) is 0 Å². The van der Waals surface area contributed by atoms with Crippen molar-refractivity contribution in [3.05, 3.63) is 47.5 Å². The Kier molecular flexibility index (Phi) is 6.62. The molecular weight excluding hydrogens is 386 g/mol. The average Bonchev–Trinajstić information content (AvgIpc) is 2.82. The van der Waals surface area contributed by atoms with E-state index >= 15 is 0 Å². The fraction of sp³-hybridized carbons (Fsp3) is 0.423. The van der Waals surface area contributed by atoms with Gasteiger partial charge < -0.3 is 19.7 Å². The lowest BCUT2D eigenvalue weighted by Gasteiger charge is -2.25. The molecule has 0 unspecified atom stereocenters. The Hall–Kier alpha value is -2.79. The number of aromatic nitrogens is 1. The second kappa shape index (κ2) is 9.56. The molecular formula is C26H33N3O2. The van der Waals surface area contributed by atoms with Gasteiger partial charge in [-0.15, -0.1) is 0 Å². The SMILES string of the molecule is CCN(CC)CCCNc1c2c(nc3ccccc13)-c1cc(OC)c(OC)cc1CC2. The second-order valence-corrected chi connectivity index (χ2v) is 8.00. The smallest absolute Gasteiger partial charge is 0.161 e. The zero-order chi connectivity index (χ0) is 21.8. The van der Waals surface area contributed by atoms with Gasteiger partial charge in [0.1, 0.15) is 0 Å². The van der Waals surface area contributed by atoms with E-state index in [2.05, 4.69) is 60.5 Å². The van der Waals surface area contributed by atoms with Crippen LogP contribution >= 0.6 is 0 Å². The summed E-state index contributed by atoms with van der Waals surface area (Å²) in [6, 6.07) is 12.6. The van der Waals surface area contributed by atoms with E-state index in [9.17, 15) is 0 Å². The summed E-state index contributed by atoms with van der Waals surface area (Å²) in [7, 11) is 3.37. The normalized spacial score (nSPS) is 12.5. The van der Waals surface area contributed by atoms with Crippen molar-refractivity contribution in [3.8, 4) is 22.8 Å². The van der Waals surface area contributed by atoms with Gasteiger partial charge in [0.05, 0.1) is 25.4 Å². The van der Waals surface area contributed by atoms with Crippen LogP contribution in [0.15, 0.2) is 36.4 Å². The number of methoxy groups -OCH3 is 2. The van der Waals surface area contributed by atoms with Crippen LogP contribution < -0.4 is 14.8 Å². The topological polar surface area (TPSA) is 46.6 Å². The number of para-hydroxylation sites is 1. The zero-order valence-corrected chi connectivity index (χ0v) is 19.1. The van der Waals surface area contributed by atoms with Crippen LogP contribution in [0, 0.1) is 0 Å². The Morgan fingerprint density at radius 2 is 1.74 bits per heavy atom. The van der Waals surface area contributed by atoms with Crippen molar-refractivity contribution >= 4 is 16.6 Å². The molecule has 2 aromatic carbocycles. The molecule has 0 amide bonds. The molecule has 5 nitrogen and oxygen atoms in total. The third kappa shape index (κ3) is 4.19. The first-order chi connectivity index (χ1) is 15.2. The quantitative estimate of drug-likeness (QED) is 0.485. The van der Waals surface area contributed by atoms with E-state index < -0.39 is 0 Å². The zero-order valence-electron chi connectivity index (χ0n) is 19.1. The van der Waals surface area contributed by atoms with E-state index in [1.165, 1.54) is 22.2 Å². The minimum Gasteiger partial charge on any atom is -0.493 e. The molecule has 1 heterocycles. The molecule has 0 saturated heterocycles. The van der Waals surface area contributed by atoms with Crippen molar-refractivity contribution in [1.29, 1.82) is 0 Å². The molecule has 0 fully saturated rings. The van der Waals surface area contributed by atoms with Gasteiger partial charge in [-0.05, 0) is 62.7 Å². The lowest BCUT2D eigenvalue weighted by Crippen LogP contribution is -2.25. The highest BCUT2D eigenvalue weighted by molar-refractivity contribution is 5.97. The number of nitrogens with zero attached hydrogens (tertiary/aromatic N) is 2. The molecule has 0 aliphatic heterocycles.